The van der Waals surface area contributed by atoms with Crippen LogP contribution in [0, 0.1) is 0 Å². The van der Waals surface area contributed by atoms with E-state index in [2.05, 4.69) is 0 Å². The summed E-state index contributed by atoms with van der Waals surface area (Å²) >= 11 is 5.80. The Bertz CT molecular complexity index is 589. The van der Waals surface area contributed by atoms with Crippen LogP contribution in [0.5, 0.6) is 0 Å². The molecule has 1 amide bonds. The highest BCUT2D eigenvalue weighted by atomic mass is 35.5. The molecule has 1 rings (SSSR count). The van der Waals surface area contributed by atoms with E-state index >= 15 is 0 Å². The molecule has 124 valence electrons. The lowest BCUT2D eigenvalue weighted by Crippen LogP contribution is -2.27. The van der Waals surface area contributed by atoms with Crippen LogP contribution in [-0.4, -0.2) is 38.1 Å². The van der Waals surface area contributed by atoms with Crippen molar-refractivity contribution in [2.75, 3.05) is 25.2 Å². The lowest BCUT2D eigenvalue weighted by molar-refractivity contribution is -0.146. The van der Waals surface area contributed by atoms with Gasteiger partial charge >= 0.3 is 11.9 Å². The van der Waals surface area contributed by atoms with Crippen LogP contribution in [0.25, 0.3) is 0 Å². The van der Waals surface area contributed by atoms with E-state index in [0.717, 1.165) is 6.08 Å². The predicted octanol–water partition coefficient (Wildman–Crippen LogP) is 2.36. The maximum Gasteiger partial charge on any atom is 0.345 e. The molecule has 0 bridgehead atoms. The summed E-state index contributed by atoms with van der Waals surface area (Å²) in [5, 5.41) is 0.531. The van der Waals surface area contributed by atoms with E-state index in [-0.39, 0.29) is 13.2 Å². The fourth-order valence-corrected chi connectivity index (χ4v) is 1.76. The van der Waals surface area contributed by atoms with E-state index in [4.69, 9.17) is 21.1 Å². The van der Waals surface area contributed by atoms with Crippen LogP contribution in [0.4, 0.5) is 5.69 Å². The monoisotopic (exact) mass is 339 g/mol. The average Bonchev–Trinajstić information content (AvgIpc) is 2.52. The van der Waals surface area contributed by atoms with Gasteiger partial charge in [-0.1, -0.05) is 11.6 Å². The number of benzene rings is 1. The van der Waals surface area contributed by atoms with Crippen molar-refractivity contribution in [3.8, 4) is 0 Å². The van der Waals surface area contributed by atoms with E-state index in [1.165, 1.54) is 11.9 Å². The zero-order chi connectivity index (χ0) is 17.4. The van der Waals surface area contributed by atoms with Gasteiger partial charge in [-0.25, -0.2) is 9.59 Å². The van der Waals surface area contributed by atoms with Crippen molar-refractivity contribution in [1.29, 1.82) is 0 Å². The third kappa shape index (κ3) is 5.41. The molecule has 1 aromatic rings. The van der Waals surface area contributed by atoms with Crippen LogP contribution in [0.15, 0.2) is 35.9 Å². The van der Waals surface area contributed by atoms with Crippen molar-refractivity contribution in [2.45, 2.75) is 13.8 Å². The summed E-state index contributed by atoms with van der Waals surface area (Å²) in [6.07, 6.45) is 0.907. The Kier molecular flexibility index (Phi) is 7.28. The molecule has 0 radical (unpaired) electrons. The van der Waals surface area contributed by atoms with E-state index in [0.29, 0.717) is 10.7 Å². The normalized spacial score (nSPS) is 9.74. The van der Waals surface area contributed by atoms with Gasteiger partial charge in [0.2, 0.25) is 0 Å². The molecule has 1 aromatic carbocycles. The molecule has 0 aliphatic rings. The number of amides is 1. The number of ether oxygens (including phenoxy) is 2. The van der Waals surface area contributed by atoms with Crippen molar-refractivity contribution in [1.82, 2.24) is 0 Å². The lowest BCUT2D eigenvalue weighted by atomic mass is 10.2. The van der Waals surface area contributed by atoms with Gasteiger partial charge in [0, 0.05) is 23.8 Å². The number of hydrogen-bond donors (Lipinski definition) is 0. The summed E-state index contributed by atoms with van der Waals surface area (Å²) in [5.41, 5.74) is 0.113. The number of anilines is 1. The minimum absolute atomic E-state index is 0.0802. The molecular formula is C16H18ClNO5. The molecular weight excluding hydrogens is 322 g/mol. The molecule has 0 aliphatic carbocycles. The molecule has 23 heavy (non-hydrogen) atoms. The van der Waals surface area contributed by atoms with Crippen LogP contribution in [0.1, 0.15) is 13.8 Å². The molecule has 0 aromatic heterocycles. The van der Waals surface area contributed by atoms with Crippen LogP contribution < -0.4 is 4.90 Å². The standard InChI is InChI=1S/C16H18ClNO5/c1-4-22-15(20)13(16(21)23-5-2)10-14(19)18(3)12-8-6-11(17)7-9-12/h6-10H,4-5H2,1-3H3. The minimum atomic E-state index is -0.899. The first-order valence-electron chi connectivity index (χ1n) is 6.99. The average molecular weight is 340 g/mol. The second-order valence-corrected chi connectivity index (χ2v) is 4.81. The van der Waals surface area contributed by atoms with Crippen LogP contribution >= 0.6 is 11.6 Å². The van der Waals surface area contributed by atoms with Crippen LogP contribution in [0.3, 0.4) is 0 Å². The smallest absolute Gasteiger partial charge is 0.345 e. The number of carbonyl (C=O) groups excluding carboxylic acids is 3. The largest absolute Gasteiger partial charge is 0.462 e. The number of hydrogen-bond acceptors (Lipinski definition) is 5. The maximum atomic E-state index is 12.3. The van der Waals surface area contributed by atoms with Gasteiger partial charge in [-0.3, -0.25) is 4.79 Å². The Morgan fingerprint density at radius 3 is 1.96 bits per heavy atom. The zero-order valence-electron chi connectivity index (χ0n) is 13.2. The number of likely N-dealkylation sites (N-methyl/N-ethyl adjacent to an activating group) is 1. The van der Waals surface area contributed by atoms with Gasteiger partial charge in [-0.2, -0.15) is 0 Å². The number of halogens is 1. The SMILES string of the molecule is CCOC(=O)C(=CC(=O)N(C)c1ccc(Cl)cc1)C(=O)OCC. The van der Waals surface area contributed by atoms with E-state index in [1.54, 1.807) is 38.1 Å². The Hall–Kier alpha value is -2.34. The number of rotatable bonds is 6. The molecule has 0 fully saturated rings. The quantitative estimate of drug-likeness (QED) is 0.344. The Morgan fingerprint density at radius 1 is 1.04 bits per heavy atom. The summed E-state index contributed by atoms with van der Waals surface area (Å²) in [4.78, 5) is 37.2. The fraction of sp³-hybridized carbons (Fsp3) is 0.312. The summed E-state index contributed by atoms with van der Waals surface area (Å²) in [5.74, 6) is -2.36. The Labute approximate surface area is 139 Å². The highest BCUT2D eigenvalue weighted by molar-refractivity contribution is 6.30. The van der Waals surface area contributed by atoms with E-state index < -0.39 is 23.4 Å². The third-order valence-corrected chi connectivity index (χ3v) is 3.05. The summed E-state index contributed by atoms with van der Waals surface area (Å²) in [6, 6.07) is 6.54. The molecule has 0 saturated carbocycles. The van der Waals surface area contributed by atoms with Gasteiger partial charge in [-0.05, 0) is 38.1 Å². The van der Waals surface area contributed by atoms with Gasteiger partial charge in [0.25, 0.3) is 5.91 Å². The van der Waals surface area contributed by atoms with Gasteiger partial charge in [0.05, 0.1) is 13.2 Å². The molecule has 0 heterocycles. The number of nitrogens with zero attached hydrogens (tertiary/aromatic N) is 1. The van der Waals surface area contributed by atoms with Crippen molar-refractivity contribution < 1.29 is 23.9 Å². The van der Waals surface area contributed by atoms with Crippen LogP contribution in [0.2, 0.25) is 5.02 Å². The van der Waals surface area contributed by atoms with E-state index in [1.807, 2.05) is 0 Å². The predicted molar refractivity (Wildman–Crippen MR) is 86.2 cm³/mol. The first-order chi connectivity index (χ1) is 10.9. The molecule has 0 unspecified atom stereocenters. The lowest BCUT2D eigenvalue weighted by Gasteiger charge is -2.16. The molecule has 0 aliphatic heterocycles. The highest BCUT2D eigenvalue weighted by Gasteiger charge is 2.23. The number of carbonyl (C=O) groups is 3. The van der Waals surface area contributed by atoms with Gasteiger partial charge in [-0.15, -0.1) is 0 Å². The molecule has 0 N–H and O–H groups in total. The van der Waals surface area contributed by atoms with Crippen molar-refractivity contribution >= 4 is 35.1 Å². The molecule has 6 nitrogen and oxygen atoms in total. The fourth-order valence-electron chi connectivity index (χ4n) is 1.63. The molecule has 7 heteroatoms. The topological polar surface area (TPSA) is 72.9 Å². The second-order valence-electron chi connectivity index (χ2n) is 4.37. The maximum absolute atomic E-state index is 12.3. The van der Waals surface area contributed by atoms with Crippen molar-refractivity contribution in [2.24, 2.45) is 0 Å². The molecule has 0 spiro atoms. The highest BCUT2D eigenvalue weighted by Crippen LogP contribution is 2.17. The zero-order valence-corrected chi connectivity index (χ0v) is 13.9. The molecule has 0 saturated heterocycles. The number of esters is 2. The van der Waals surface area contributed by atoms with Crippen molar-refractivity contribution in [3.63, 3.8) is 0 Å². The van der Waals surface area contributed by atoms with Crippen LogP contribution in [-0.2, 0) is 23.9 Å². The van der Waals surface area contributed by atoms with Gasteiger partial charge < -0.3 is 14.4 Å². The molecule has 0 atom stereocenters. The van der Waals surface area contributed by atoms with Gasteiger partial charge in [0.15, 0.2) is 0 Å². The van der Waals surface area contributed by atoms with E-state index in [9.17, 15) is 14.4 Å². The van der Waals surface area contributed by atoms with Crippen molar-refractivity contribution in [3.05, 3.63) is 40.9 Å². The summed E-state index contributed by atoms with van der Waals surface area (Å²) in [7, 11) is 1.51. The summed E-state index contributed by atoms with van der Waals surface area (Å²) in [6.45, 7) is 3.36. The summed E-state index contributed by atoms with van der Waals surface area (Å²) < 4.78 is 9.55. The minimum Gasteiger partial charge on any atom is -0.462 e. The Morgan fingerprint density at radius 2 is 1.52 bits per heavy atom. The first kappa shape index (κ1) is 18.7. The first-order valence-corrected chi connectivity index (χ1v) is 7.37. The second kappa shape index (κ2) is 8.95. The Balaban J connectivity index is 3.03. The third-order valence-electron chi connectivity index (χ3n) is 2.80. The van der Waals surface area contributed by atoms with Gasteiger partial charge in [0.1, 0.15) is 5.57 Å².